The van der Waals surface area contributed by atoms with E-state index < -0.39 is 0 Å². The van der Waals surface area contributed by atoms with Gasteiger partial charge in [0.1, 0.15) is 5.75 Å². The number of hydrogen-bond donors (Lipinski definition) is 0. The van der Waals surface area contributed by atoms with Crippen molar-refractivity contribution in [3.63, 3.8) is 0 Å². The minimum atomic E-state index is -0.314. The molecule has 0 aliphatic heterocycles. The molecule has 0 heterocycles. The largest absolute Gasteiger partial charge is 0.426 e. The van der Waals surface area contributed by atoms with E-state index in [0.717, 1.165) is 11.1 Å². The SMILES string of the molecule is CCCC(=O)Oc1ccc(C(=O)C=C(C)C=CC=C(C)C=CC2=C(C)CCCC2(C)C)c(Cl)c1. The number of benzene rings is 1. The van der Waals surface area contributed by atoms with E-state index in [0.29, 0.717) is 24.2 Å². The van der Waals surface area contributed by atoms with Crippen LogP contribution in [-0.2, 0) is 4.79 Å². The van der Waals surface area contributed by atoms with Gasteiger partial charge < -0.3 is 4.74 Å². The third kappa shape index (κ3) is 8.29. The summed E-state index contributed by atoms with van der Waals surface area (Å²) in [7, 11) is 0. The Morgan fingerprint density at radius 1 is 1.15 bits per heavy atom. The van der Waals surface area contributed by atoms with Crippen LogP contribution >= 0.6 is 11.6 Å². The van der Waals surface area contributed by atoms with Gasteiger partial charge in [-0.05, 0) is 81.2 Å². The van der Waals surface area contributed by atoms with Crippen LogP contribution in [0.4, 0.5) is 0 Å². The van der Waals surface area contributed by atoms with E-state index in [1.54, 1.807) is 18.2 Å². The number of ketones is 1. The van der Waals surface area contributed by atoms with Crippen LogP contribution in [0, 0.1) is 5.41 Å². The summed E-state index contributed by atoms with van der Waals surface area (Å²) < 4.78 is 5.23. The van der Waals surface area contributed by atoms with Gasteiger partial charge >= 0.3 is 5.97 Å². The summed E-state index contributed by atoms with van der Waals surface area (Å²) in [6, 6.07) is 4.68. The first-order chi connectivity index (χ1) is 16.0. The molecule has 0 N–H and O–H groups in total. The van der Waals surface area contributed by atoms with Crippen molar-refractivity contribution in [2.75, 3.05) is 0 Å². The molecule has 0 unspecified atom stereocenters. The lowest BCUT2D eigenvalue weighted by Crippen LogP contribution is -2.19. The average molecular weight is 481 g/mol. The maximum Gasteiger partial charge on any atom is 0.311 e. The molecule has 1 aliphatic carbocycles. The first-order valence-corrected chi connectivity index (χ1v) is 12.4. The highest BCUT2D eigenvalue weighted by Crippen LogP contribution is 2.40. The average Bonchev–Trinajstić information content (AvgIpc) is 2.73. The maximum atomic E-state index is 12.6. The van der Waals surface area contributed by atoms with E-state index >= 15 is 0 Å². The van der Waals surface area contributed by atoms with E-state index in [9.17, 15) is 9.59 Å². The summed E-state index contributed by atoms with van der Waals surface area (Å²) in [5, 5.41) is 0.260. The van der Waals surface area contributed by atoms with Crippen molar-refractivity contribution in [3.8, 4) is 5.75 Å². The van der Waals surface area contributed by atoms with Crippen molar-refractivity contribution in [1.29, 1.82) is 0 Å². The molecule has 1 aliphatic rings. The molecular formula is C30H37ClO3. The van der Waals surface area contributed by atoms with E-state index in [4.69, 9.17) is 16.3 Å². The van der Waals surface area contributed by atoms with Gasteiger partial charge in [-0.15, -0.1) is 0 Å². The highest BCUT2D eigenvalue weighted by molar-refractivity contribution is 6.34. The highest BCUT2D eigenvalue weighted by Gasteiger charge is 2.26. The summed E-state index contributed by atoms with van der Waals surface area (Å²) in [4.78, 5) is 24.3. The van der Waals surface area contributed by atoms with E-state index in [1.807, 2.05) is 32.1 Å². The molecule has 0 atom stereocenters. The van der Waals surface area contributed by atoms with Crippen molar-refractivity contribution < 1.29 is 14.3 Å². The zero-order valence-electron chi connectivity index (χ0n) is 21.3. The molecule has 182 valence electrons. The second-order valence-electron chi connectivity index (χ2n) is 9.65. The lowest BCUT2D eigenvalue weighted by molar-refractivity contribution is -0.134. The van der Waals surface area contributed by atoms with Gasteiger partial charge in [0.15, 0.2) is 5.78 Å². The Hall–Kier alpha value is -2.65. The molecule has 1 aromatic rings. The third-order valence-corrected chi connectivity index (χ3v) is 6.34. The molecular weight excluding hydrogens is 444 g/mol. The zero-order chi connectivity index (χ0) is 25.3. The van der Waals surface area contributed by atoms with Gasteiger partial charge in [-0.3, -0.25) is 9.59 Å². The monoisotopic (exact) mass is 480 g/mol. The molecule has 0 bridgehead atoms. The molecule has 0 aromatic heterocycles. The van der Waals surface area contributed by atoms with Crippen LogP contribution in [0.5, 0.6) is 5.75 Å². The van der Waals surface area contributed by atoms with Crippen LogP contribution in [-0.4, -0.2) is 11.8 Å². The fourth-order valence-corrected chi connectivity index (χ4v) is 4.37. The Morgan fingerprint density at radius 2 is 1.88 bits per heavy atom. The van der Waals surface area contributed by atoms with Crippen LogP contribution < -0.4 is 4.74 Å². The molecule has 0 saturated heterocycles. The number of halogens is 1. The maximum absolute atomic E-state index is 12.6. The Bertz CT molecular complexity index is 1060. The smallest absolute Gasteiger partial charge is 0.311 e. The Labute approximate surface area is 209 Å². The molecule has 0 spiro atoms. The summed E-state index contributed by atoms with van der Waals surface area (Å²) in [5.41, 5.74) is 5.50. The number of allylic oxidation sites excluding steroid dienone is 10. The van der Waals surface area contributed by atoms with Gasteiger partial charge in [-0.2, -0.15) is 0 Å². The molecule has 3 nitrogen and oxygen atoms in total. The zero-order valence-corrected chi connectivity index (χ0v) is 22.1. The standard InChI is InChI=1S/C30H37ClO3/c1-7-10-29(33)34-24-15-16-25(27(31)20-24)28(32)19-22(3)12-8-11-21(2)14-17-26-23(4)13-9-18-30(26,5)6/h8,11-12,14-17,19-20H,7,9-10,13,18H2,1-6H3. The van der Waals surface area contributed by atoms with E-state index in [2.05, 4.69) is 39.8 Å². The van der Waals surface area contributed by atoms with Crippen molar-refractivity contribution in [3.05, 3.63) is 87.5 Å². The second-order valence-corrected chi connectivity index (χ2v) is 10.1. The number of carbonyl (C=O) groups is 2. The number of rotatable bonds is 9. The highest BCUT2D eigenvalue weighted by atomic mass is 35.5. The van der Waals surface area contributed by atoms with E-state index in [1.165, 1.54) is 36.5 Å². The summed E-state index contributed by atoms with van der Waals surface area (Å²) >= 11 is 6.26. The van der Waals surface area contributed by atoms with Crippen molar-refractivity contribution >= 4 is 23.4 Å². The van der Waals surface area contributed by atoms with E-state index in [-0.39, 0.29) is 22.2 Å². The summed E-state index contributed by atoms with van der Waals surface area (Å²) in [5.74, 6) is -0.163. The lowest BCUT2D eigenvalue weighted by atomic mass is 9.72. The first kappa shape index (κ1) is 27.6. The second kappa shape index (κ2) is 12.7. The normalized spacial score (nSPS) is 17.0. The van der Waals surface area contributed by atoms with Crippen LogP contribution in [0.3, 0.4) is 0 Å². The van der Waals surface area contributed by atoms with Crippen LogP contribution in [0.1, 0.15) is 84.0 Å². The Balaban J connectivity index is 2.03. The van der Waals surface area contributed by atoms with Crippen LogP contribution in [0.15, 0.2) is 76.9 Å². The third-order valence-electron chi connectivity index (χ3n) is 6.02. The topological polar surface area (TPSA) is 43.4 Å². The fourth-order valence-electron chi connectivity index (χ4n) is 4.11. The van der Waals surface area contributed by atoms with Crippen LogP contribution in [0.25, 0.3) is 0 Å². The van der Waals surface area contributed by atoms with Gasteiger partial charge in [-0.1, -0.05) is 73.9 Å². The number of hydrogen-bond acceptors (Lipinski definition) is 3. The Kier molecular flexibility index (Phi) is 10.3. The molecule has 34 heavy (non-hydrogen) atoms. The molecule has 2 rings (SSSR count). The summed E-state index contributed by atoms with van der Waals surface area (Å²) in [6.07, 6.45) is 16.6. The quantitative estimate of drug-likeness (QED) is 0.117. The van der Waals surface area contributed by atoms with Gasteiger partial charge in [0, 0.05) is 18.1 Å². The molecule has 0 amide bonds. The first-order valence-electron chi connectivity index (χ1n) is 12.0. The number of carbonyl (C=O) groups excluding carboxylic acids is 2. The van der Waals surface area contributed by atoms with Crippen LogP contribution in [0.2, 0.25) is 5.02 Å². The van der Waals surface area contributed by atoms with Gasteiger partial charge in [-0.25, -0.2) is 0 Å². The van der Waals surface area contributed by atoms with Crippen molar-refractivity contribution in [2.24, 2.45) is 5.41 Å². The minimum Gasteiger partial charge on any atom is -0.426 e. The fraction of sp³-hybridized carbons (Fsp3) is 0.400. The Morgan fingerprint density at radius 3 is 2.53 bits per heavy atom. The van der Waals surface area contributed by atoms with Crippen molar-refractivity contribution in [1.82, 2.24) is 0 Å². The number of ether oxygens (including phenoxy) is 1. The summed E-state index contributed by atoms with van der Waals surface area (Å²) in [6.45, 7) is 12.7. The molecule has 0 fully saturated rings. The van der Waals surface area contributed by atoms with Crippen molar-refractivity contribution in [2.45, 2.75) is 73.6 Å². The minimum absolute atomic E-state index is 0.193. The predicted octanol–water partition coefficient (Wildman–Crippen LogP) is 8.76. The molecule has 0 saturated carbocycles. The molecule has 0 radical (unpaired) electrons. The van der Waals surface area contributed by atoms with Gasteiger partial charge in [0.2, 0.25) is 0 Å². The molecule has 1 aromatic carbocycles. The van der Waals surface area contributed by atoms with Gasteiger partial charge in [0.25, 0.3) is 0 Å². The predicted molar refractivity (Wildman–Crippen MR) is 142 cm³/mol. The number of esters is 1. The molecule has 4 heteroatoms. The van der Waals surface area contributed by atoms with Gasteiger partial charge in [0.05, 0.1) is 5.02 Å². The lowest BCUT2D eigenvalue weighted by Gasteiger charge is -2.32.